The van der Waals surface area contributed by atoms with E-state index < -0.39 is 40.2 Å². The molecule has 15 heteroatoms. The summed E-state index contributed by atoms with van der Waals surface area (Å²) in [4.78, 5) is 17.4. The molecule has 1 spiro atoms. The lowest BCUT2D eigenvalue weighted by atomic mass is 9.87. The zero-order chi connectivity index (χ0) is 33.3. The summed E-state index contributed by atoms with van der Waals surface area (Å²) >= 11 is 0.794. The van der Waals surface area contributed by atoms with E-state index in [2.05, 4.69) is 26.8 Å². The Morgan fingerprint density at radius 2 is 2.02 bits per heavy atom. The first kappa shape index (κ1) is 29.7. The van der Waals surface area contributed by atoms with Gasteiger partial charge in [0.1, 0.15) is 34.8 Å². The van der Waals surface area contributed by atoms with Gasteiger partial charge in [0.05, 0.1) is 44.2 Å². The van der Waals surface area contributed by atoms with Crippen molar-refractivity contribution in [2.45, 2.75) is 49.2 Å². The fourth-order valence-corrected chi connectivity index (χ4v) is 9.75. The summed E-state index contributed by atoms with van der Waals surface area (Å²) in [5.41, 5.74) is 4.07. The highest BCUT2D eigenvalue weighted by Gasteiger charge is 2.54. The molecule has 3 atom stereocenters. The predicted octanol–water partition coefficient (Wildman–Crippen LogP) is 5.88. The van der Waals surface area contributed by atoms with Gasteiger partial charge in [-0.1, -0.05) is 6.58 Å². The molecule has 0 radical (unpaired) electrons. The number of piperazine rings is 1. The van der Waals surface area contributed by atoms with Crippen LogP contribution in [0.5, 0.6) is 6.01 Å². The lowest BCUT2D eigenvalue weighted by molar-refractivity contribution is 0.108. The van der Waals surface area contributed by atoms with Gasteiger partial charge in [-0.2, -0.15) is 24.0 Å². The number of nitriles is 1. The molecule has 3 aromatic heterocycles. The minimum Gasteiger partial charge on any atom is -0.461 e. The summed E-state index contributed by atoms with van der Waals surface area (Å²) in [5, 5.41) is 13.4. The standard InChI is InChI=1S/C33H27F5N8OS/c1-14-5-33-7-16(42-12-33)11-46(33)30-21-19(14)23(35)22(25-20-17(8-39)29(40)48-27(20)18(34)9-41-25)24(36)26(21)43-31(44-30)47-13-32-3-2-4-45(32)10-15(6-32)28(37)38/h9,16,42H,1-7,10-13,40H2/t16-,32+,33-/m1/s1. The average Bonchev–Trinajstić information content (AvgIpc) is 3.85. The van der Waals surface area contributed by atoms with E-state index in [1.807, 2.05) is 11.0 Å². The van der Waals surface area contributed by atoms with Crippen LogP contribution in [0, 0.1) is 28.8 Å². The second-order valence-electron chi connectivity index (χ2n) is 13.5. The zero-order valence-corrected chi connectivity index (χ0v) is 26.2. The molecule has 8 heterocycles. The molecular formula is C33H27F5N8OS. The fourth-order valence-electron chi connectivity index (χ4n) is 8.83. The number of benzene rings is 1. The minimum absolute atomic E-state index is 0.000857. The largest absolute Gasteiger partial charge is 0.461 e. The van der Waals surface area contributed by atoms with Gasteiger partial charge in [-0.05, 0) is 44.2 Å². The third-order valence-electron chi connectivity index (χ3n) is 10.9. The maximum Gasteiger partial charge on any atom is 0.319 e. The molecule has 3 N–H and O–H groups in total. The van der Waals surface area contributed by atoms with Gasteiger partial charge in [0.2, 0.25) is 0 Å². The van der Waals surface area contributed by atoms with Gasteiger partial charge in [-0.3, -0.25) is 9.88 Å². The first-order chi connectivity index (χ1) is 23.0. The Morgan fingerprint density at radius 3 is 2.79 bits per heavy atom. The number of nitrogens with one attached hydrogen (secondary N) is 1. The van der Waals surface area contributed by atoms with Crippen LogP contribution in [0.2, 0.25) is 0 Å². The van der Waals surface area contributed by atoms with Crippen molar-refractivity contribution < 1.29 is 26.7 Å². The first-order valence-corrected chi connectivity index (χ1v) is 16.5. The number of nitrogen functional groups attached to an aromatic ring is 1. The third-order valence-corrected chi connectivity index (χ3v) is 11.9. The van der Waals surface area contributed by atoms with Crippen LogP contribution in [0.1, 0.15) is 43.2 Å². The molecule has 0 aliphatic carbocycles. The number of aromatic nitrogens is 3. The van der Waals surface area contributed by atoms with E-state index in [4.69, 9.17) is 15.5 Å². The number of halogens is 5. The molecule has 48 heavy (non-hydrogen) atoms. The molecule has 0 amide bonds. The number of hydrogen-bond acceptors (Lipinski definition) is 10. The van der Waals surface area contributed by atoms with E-state index >= 15 is 8.78 Å². The van der Waals surface area contributed by atoms with Crippen molar-refractivity contribution in [1.82, 2.24) is 25.2 Å². The van der Waals surface area contributed by atoms with Gasteiger partial charge in [-0.25, -0.2) is 13.2 Å². The highest BCUT2D eigenvalue weighted by Crippen LogP contribution is 2.53. The van der Waals surface area contributed by atoms with E-state index in [-0.39, 0.29) is 80.0 Å². The van der Waals surface area contributed by atoms with Gasteiger partial charge < -0.3 is 20.7 Å². The molecular weight excluding hydrogens is 651 g/mol. The van der Waals surface area contributed by atoms with Crippen molar-refractivity contribution in [3.63, 3.8) is 0 Å². The molecule has 2 bridgehead atoms. The highest BCUT2D eigenvalue weighted by molar-refractivity contribution is 7.23. The SMILES string of the molecule is C=C1C[C@@]23CN[C@@H](CN2c2nc(OC[C@@]45CCCN4CC(=C(F)F)C5)nc4c(F)c(-c5ncc(F)c6sc(N)c(C#N)c56)c(F)c1c24)C3. The molecule has 4 fully saturated rings. The second-order valence-corrected chi connectivity index (χ2v) is 14.6. The van der Waals surface area contributed by atoms with Gasteiger partial charge in [-0.15, -0.1) is 11.3 Å². The third kappa shape index (κ3) is 3.90. The van der Waals surface area contributed by atoms with Gasteiger partial charge in [0.15, 0.2) is 11.6 Å². The van der Waals surface area contributed by atoms with Crippen molar-refractivity contribution in [2.24, 2.45) is 0 Å². The summed E-state index contributed by atoms with van der Waals surface area (Å²) in [5.74, 6) is -2.55. The monoisotopic (exact) mass is 678 g/mol. The molecule has 5 aliphatic heterocycles. The Morgan fingerprint density at radius 1 is 1.19 bits per heavy atom. The fraction of sp³-hybridized carbons (Fsp3) is 0.394. The van der Waals surface area contributed by atoms with Crippen molar-refractivity contribution in [1.29, 1.82) is 5.26 Å². The normalized spacial score (nSPS) is 26.0. The summed E-state index contributed by atoms with van der Waals surface area (Å²) in [6.45, 7) is 6.16. The second kappa shape index (κ2) is 10.1. The number of pyridine rings is 1. The van der Waals surface area contributed by atoms with Crippen LogP contribution < -0.4 is 20.7 Å². The lowest BCUT2D eigenvalue weighted by Gasteiger charge is -2.39. The average molecular weight is 679 g/mol. The molecule has 4 aromatic rings. The van der Waals surface area contributed by atoms with Crippen LogP contribution in [0.3, 0.4) is 0 Å². The van der Waals surface area contributed by atoms with E-state index in [1.165, 1.54) is 0 Å². The van der Waals surface area contributed by atoms with Crippen molar-refractivity contribution in [3.8, 4) is 23.3 Å². The Labute approximate surface area is 274 Å². The number of nitrogens with two attached hydrogens (primary N) is 1. The molecule has 9 nitrogen and oxygen atoms in total. The van der Waals surface area contributed by atoms with Crippen LogP contribution in [0.25, 0.3) is 37.8 Å². The summed E-state index contributed by atoms with van der Waals surface area (Å²) in [7, 11) is 0. The number of hydrogen-bond donors (Lipinski definition) is 2. The van der Waals surface area contributed by atoms with Crippen molar-refractivity contribution in [3.05, 3.63) is 53.0 Å². The van der Waals surface area contributed by atoms with Gasteiger partial charge in [0, 0.05) is 42.2 Å². The number of fused-ring (bicyclic) bond motifs is 4. The molecule has 9 rings (SSSR count). The summed E-state index contributed by atoms with van der Waals surface area (Å²) in [6, 6.07) is 1.89. The minimum atomic E-state index is -1.69. The maximum atomic E-state index is 17.1. The van der Waals surface area contributed by atoms with Crippen LogP contribution >= 0.6 is 11.3 Å². The van der Waals surface area contributed by atoms with Crippen molar-refractivity contribution in [2.75, 3.05) is 43.4 Å². The van der Waals surface area contributed by atoms with E-state index in [1.54, 1.807) is 0 Å². The quantitative estimate of drug-likeness (QED) is 0.255. The van der Waals surface area contributed by atoms with Crippen LogP contribution in [-0.4, -0.2) is 69.8 Å². The Kier molecular flexibility index (Phi) is 6.23. The number of rotatable bonds is 4. The van der Waals surface area contributed by atoms with Crippen LogP contribution in [0.15, 0.2) is 24.4 Å². The predicted molar refractivity (Wildman–Crippen MR) is 170 cm³/mol. The highest BCUT2D eigenvalue weighted by atomic mass is 32.1. The summed E-state index contributed by atoms with van der Waals surface area (Å²) < 4.78 is 82.5. The Balaban J connectivity index is 1.27. The lowest BCUT2D eigenvalue weighted by Crippen LogP contribution is -2.53. The number of anilines is 2. The molecule has 0 saturated carbocycles. The number of thiophene rings is 1. The smallest absolute Gasteiger partial charge is 0.319 e. The van der Waals surface area contributed by atoms with Crippen LogP contribution in [-0.2, 0) is 0 Å². The Hall–Kier alpha value is -4.39. The molecule has 0 unspecified atom stereocenters. The van der Waals surface area contributed by atoms with E-state index in [9.17, 15) is 18.4 Å². The first-order valence-electron chi connectivity index (χ1n) is 15.6. The zero-order valence-electron chi connectivity index (χ0n) is 25.4. The van der Waals surface area contributed by atoms with Gasteiger partial charge >= 0.3 is 6.01 Å². The van der Waals surface area contributed by atoms with Gasteiger partial charge in [0.25, 0.3) is 6.08 Å². The number of nitrogens with zero attached hydrogens (tertiary/aromatic N) is 6. The summed E-state index contributed by atoms with van der Waals surface area (Å²) in [6.07, 6.45) is 1.85. The van der Waals surface area contributed by atoms with Crippen molar-refractivity contribution >= 4 is 48.7 Å². The van der Waals surface area contributed by atoms with Crippen LogP contribution in [0.4, 0.5) is 32.8 Å². The maximum absolute atomic E-state index is 17.1. The number of ether oxygens (including phenoxy) is 1. The molecule has 5 aliphatic rings. The van der Waals surface area contributed by atoms with E-state index in [0.717, 1.165) is 30.4 Å². The molecule has 246 valence electrons. The Bertz CT molecular complexity index is 2210. The topological polar surface area (TPSA) is 116 Å². The molecule has 4 saturated heterocycles. The molecule has 1 aromatic carbocycles. The van der Waals surface area contributed by atoms with E-state index in [0.29, 0.717) is 43.9 Å².